The van der Waals surface area contributed by atoms with E-state index in [0.717, 1.165) is 22.5 Å². The van der Waals surface area contributed by atoms with E-state index in [4.69, 9.17) is 56.8 Å². The van der Waals surface area contributed by atoms with Crippen LogP contribution in [0.15, 0.2) is 24.3 Å². The van der Waals surface area contributed by atoms with E-state index in [-0.39, 0.29) is 5.91 Å². The smallest absolute Gasteiger partial charge is 0.221 e. The third-order valence-corrected chi connectivity index (χ3v) is 6.05. The first kappa shape index (κ1) is 43.8. The van der Waals surface area contributed by atoms with Gasteiger partial charge in [-0.1, -0.05) is 22.6 Å². The lowest BCUT2D eigenvalue weighted by Gasteiger charge is -2.09. The molecule has 0 heterocycles. The summed E-state index contributed by atoms with van der Waals surface area (Å²) in [6.45, 7) is 13.5. The number of amides is 1. The Balaban J connectivity index is 1.66. The molecule has 1 aromatic carbocycles. The Bertz CT molecular complexity index is 795. The maximum absolute atomic E-state index is 11.0. The highest BCUT2D eigenvalue weighted by Gasteiger charge is 1.99. The number of hydrogen-bond acceptors (Lipinski definition) is 13. The van der Waals surface area contributed by atoms with E-state index in [0.29, 0.717) is 145 Å². The number of halogens is 1. The summed E-state index contributed by atoms with van der Waals surface area (Å²) < 4.78 is 66.6. The van der Waals surface area contributed by atoms with Gasteiger partial charge >= 0.3 is 0 Å². The summed E-state index contributed by atoms with van der Waals surface area (Å²) in [6, 6.07) is 7.18. The average molecular weight is 790 g/mol. The third-order valence-electron chi connectivity index (χ3n) is 5.61. The minimum atomic E-state index is -0.108. The fourth-order valence-corrected chi connectivity index (χ4v) is 3.72. The van der Waals surface area contributed by atoms with E-state index >= 15 is 0 Å². The molecule has 0 spiro atoms. The predicted molar refractivity (Wildman–Crippen MR) is 184 cm³/mol. The molecular weight excluding hydrogens is 733 g/mol. The number of nitrogens with one attached hydrogen (secondary N) is 1. The summed E-state index contributed by atoms with van der Waals surface area (Å²) in [5, 5.41) is 2.71. The quantitative estimate of drug-likeness (QED) is 0.0601. The number of anilines is 1. The molecule has 1 amide bonds. The van der Waals surface area contributed by atoms with Crippen molar-refractivity contribution >= 4 is 34.2 Å². The second-order valence-corrected chi connectivity index (χ2v) is 10.6. The van der Waals surface area contributed by atoms with Crippen LogP contribution in [0.2, 0.25) is 0 Å². The number of carbonyl (C=O) groups excluding carboxylic acids is 1. The molecule has 0 radical (unpaired) electrons. The van der Waals surface area contributed by atoms with Gasteiger partial charge in [0.25, 0.3) is 0 Å². The van der Waals surface area contributed by atoms with E-state index < -0.39 is 0 Å². The molecular formula is C32H56INO13. The monoisotopic (exact) mass is 789 g/mol. The van der Waals surface area contributed by atoms with E-state index in [1.165, 1.54) is 6.92 Å². The van der Waals surface area contributed by atoms with Gasteiger partial charge in [0.15, 0.2) is 0 Å². The lowest BCUT2D eigenvalue weighted by Crippen LogP contribution is -2.15. The highest BCUT2D eigenvalue weighted by molar-refractivity contribution is 14.1. The molecule has 0 aliphatic rings. The molecule has 0 unspecified atom stereocenters. The van der Waals surface area contributed by atoms with Crippen molar-refractivity contribution in [2.75, 3.05) is 162 Å². The van der Waals surface area contributed by atoms with Crippen molar-refractivity contribution < 1.29 is 61.6 Å². The predicted octanol–water partition coefficient (Wildman–Crippen LogP) is 2.64. The highest BCUT2D eigenvalue weighted by Crippen LogP contribution is 2.15. The van der Waals surface area contributed by atoms with Crippen LogP contribution >= 0.6 is 22.6 Å². The largest absolute Gasteiger partial charge is 0.491 e. The van der Waals surface area contributed by atoms with Gasteiger partial charge in [-0.15, -0.1) is 0 Å². The number of alkyl halides is 1. The summed E-state index contributed by atoms with van der Waals surface area (Å²) >= 11 is 2.28. The number of ether oxygens (including phenoxy) is 12. The van der Waals surface area contributed by atoms with Crippen molar-refractivity contribution in [2.45, 2.75) is 6.92 Å². The van der Waals surface area contributed by atoms with Gasteiger partial charge < -0.3 is 62.2 Å². The molecule has 15 heteroatoms. The van der Waals surface area contributed by atoms with Crippen molar-refractivity contribution in [1.82, 2.24) is 0 Å². The van der Waals surface area contributed by atoms with Gasteiger partial charge in [0.2, 0.25) is 5.91 Å². The Morgan fingerprint density at radius 2 is 0.702 bits per heavy atom. The van der Waals surface area contributed by atoms with Gasteiger partial charge in [0.1, 0.15) is 12.4 Å². The lowest BCUT2D eigenvalue weighted by molar-refractivity contribution is -0.114. The van der Waals surface area contributed by atoms with Gasteiger partial charge in [-0.25, -0.2) is 0 Å². The summed E-state index contributed by atoms with van der Waals surface area (Å²) in [5.74, 6) is 0.609. The SMILES string of the molecule is CC(=O)Nc1ccc(OCCOCCOCCOCCOCCOCCOCCOCCOCCOCCOCCOCCI)cc1. The molecule has 274 valence electrons. The summed E-state index contributed by atoms with van der Waals surface area (Å²) in [5.41, 5.74) is 0.732. The van der Waals surface area contributed by atoms with Crippen LogP contribution < -0.4 is 10.1 Å². The number of benzene rings is 1. The Labute approximate surface area is 293 Å². The molecule has 1 N–H and O–H groups in total. The zero-order chi connectivity index (χ0) is 33.7. The van der Waals surface area contributed by atoms with Crippen LogP contribution in [-0.2, 0) is 56.9 Å². The first-order valence-corrected chi connectivity index (χ1v) is 17.7. The van der Waals surface area contributed by atoms with Crippen LogP contribution in [0.25, 0.3) is 0 Å². The Morgan fingerprint density at radius 3 is 0.957 bits per heavy atom. The summed E-state index contributed by atoms with van der Waals surface area (Å²) in [6.07, 6.45) is 0. The van der Waals surface area contributed by atoms with Gasteiger partial charge in [-0.2, -0.15) is 0 Å². The topological polar surface area (TPSA) is 140 Å². The molecule has 0 bridgehead atoms. The summed E-state index contributed by atoms with van der Waals surface area (Å²) in [4.78, 5) is 11.0. The van der Waals surface area contributed by atoms with E-state index in [1.54, 1.807) is 24.3 Å². The van der Waals surface area contributed by atoms with Crippen molar-refractivity contribution in [3.05, 3.63) is 24.3 Å². The van der Waals surface area contributed by atoms with Crippen molar-refractivity contribution in [1.29, 1.82) is 0 Å². The minimum Gasteiger partial charge on any atom is -0.491 e. The van der Waals surface area contributed by atoms with Gasteiger partial charge in [-0.3, -0.25) is 4.79 Å². The third kappa shape index (κ3) is 33.1. The molecule has 1 rings (SSSR count). The lowest BCUT2D eigenvalue weighted by atomic mass is 10.3. The zero-order valence-corrected chi connectivity index (χ0v) is 30.1. The maximum Gasteiger partial charge on any atom is 0.221 e. The van der Waals surface area contributed by atoms with Crippen LogP contribution in [0.4, 0.5) is 5.69 Å². The van der Waals surface area contributed by atoms with E-state index in [9.17, 15) is 4.79 Å². The molecule has 0 saturated carbocycles. The van der Waals surface area contributed by atoms with Crippen molar-refractivity contribution in [3.63, 3.8) is 0 Å². The zero-order valence-electron chi connectivity index (χ0n) is 28.0. The van der Waals surface area contributed by atoms with Crippen LogP contribution in [0.3, 0.4) is 0 Å². The molecule has 0 fully saturated rings. The van der Waals surface area contributed by atoms with Crippen LogP contribution in [0.5, 0.6) is 5.75 Å². The van der Waals surface area contributed by atoms with E-state index in [2.05, 4.69) is 27.9 Å². The van der Waals surface area contributed by atoms with Crippen LogP contribution in [0, 0.1) is 0 Å². The van der Waals surface area contributed by atoms with Crippen molar-refractivity contribution in [3.8, 4) is 5.75 Å². The Kier molecular flexibility index (Phi) is 33.6. The fraction of sp³-hybridized carbons (Fsp3) is 0.781. The molecule has 47 heavy (non-hydrogen) atoms. The first-order chi connectivity index (χ1) is 23.2. The standard InChI is InChI=1S/C32H56INO13/c1-30(35)34-31-2-4-32(5-3-31)47-29-28-46-27-26-45-25-24-44-23-22-43-21-20-42-19-18-41-17-16-40-15-14-39-13-12-38-11-10-37-9-8-36-7-6-33/h2-5H,6-29H2,1H3,(H,34,35). The second kappa shape index (κ2) is 36.1. The molecule has 0 aromatic heterocycles. The first-order valence-electron chi connectivity index (χ1n) is 16.1. The van der Waals surface area contributed by atoms with E-state index in [1.807, 2.05) is 0 Å². The van der Waals surface area contributed by atoms with Crippen LogP contribution in [-0.4, -0.2) is 162 Å². The van der Waals surface area contributed by atoms with Crippen LogP contribution in [0.1, 0.15) is 6.92 Å². The van der Waals surface area contributed by atoms with Gasteiger partial charge in [0, 0.05) is 17.0 Å². The second-order valence-electron chi connectivity index (χ2n) is 9.48. The highest BCUT2D eigenvalue weighted by atomic mass is 127. The maximum atomic E-state index is 11.0. The number of hydrogen-bond donors (Lipinski definition) is 1. The van der Waals surface area contributed by atoms with Gasteiger partial charge in [-0.05, 0) is 24.3 Å². The molecule has 1 aromatic rings. The Morgan fingerprint density at radius 1 is 0.447 bits per heavy atom. The minimum absolute atomic E-state index is 0.108. The number of rotatable bonds is 37. The average Bonchev–Trinajstić information content (AvgIpc) is 3.07. The van der Waals surface area contributed by atoms with Crippen molar-refractivity contribution in [2.24, 2.45) is 0 Å². The molecule has 0 aliphatic heterocycles. The molecule has 0 atom stereocenters. The number of carbonyl (C=O) groups is 1. The fourth-order valence-electron chi connectivity index (χ4n) is 3.41. The molecule has 14 nitrogen and oxygen atoms in total. The normalized spacial score (nSPS) is 11.3. The molecule has 0 aliphatic carbocycles. The Hall–Kier alpha value is -1.22. The van der Waals surface area contributed by atoms with Gasteiger partial charge in [0.05, 0.1) is 145 Å². The summed E-state index contributed by atoms with van der Waals surface area (Å²) in [7, 11) is 0. The molecule has 0 saturated heterocycles.